The Morgan fingerprint density at radius 2 is 1.77 bits per heavy atom. The summed E-state index contributed by atoms with van der Waals surface area (Å²) in [7, 11) is 0. The van der Waals surface area contributed by atoms with Crippen molar-refractivity contribution in [1.29, 1.82) is 0 Å². The molecule has 31 heavy (non-hydrogen) atoms. The fraction of sp³-hybridized carbons (Fsp3) is 0. The topological polar surface area (TPSA) is 103 Å². The monoisotopic (exact) mass is 409 g/mol. The molecule has 2 aromatic heterocycles. The van der Waals surface area contributed by atoms with E-state index in [1.807, 2.05) is 24.3 Å². The van der Waals surface area contributed by atoms with Gasteiger partial charge in [0.15, 0.2) is 0 Å². The first kappa shape index (κ1) is 18.4. The fourth-order valence-corrected chi connectivity index (χ4v) is 3.09. The Balaban J connectivity index is 1.30. The number of hydrogen-bond donors (Lipinski definition) is 1. The summed E-state index contributed by atoms with van der Waals surface area (Å²) in [5.41, 5.74) is 1.77. The van der Waals surface area contributed by atoms with Crippen LogP contribution in [0.25, 0.3) is 22.2 Å². The third-order valence-corrected chi connectivity index (χ3v) is 4.60. The molecule has 8 nitrogen and oxygen atoms in total. The predicted octanol–water partition coefficient (Wildman–Crippen LogP) is 4.72. The number of rotatable bonds is 5. The fourth-order valence-electron chi connectivity index (χ4n) is 3.09. The van der Waals surface area contributed by atoms with Crippen LogP contribution < -0.4 is 10.1 Å². The van der Waals surface area contributed by atoms with Crippen LogP contribution in [0, 0.1) is 0 Å². The summed E-state index contributed by atoms with van der Waals surface area (Å²) in [6, 6.07) is 21.7. The van der Waals surface area contributed by atoms with Crippen molar-refractivity contribution in [3.63, 3.8) is 0 Å². The predicted molar refractivity (Wildman–Crippen MR) is 114 cm³/mol. The van der Waals surface area contributed by atoms with Gasteiger partial charge in [-0.25, -0.2) is 0 Å². The van der Waals surface area contributed by atoms with Crippen molar-refractivity contribution in [3.05, 3.63) is 91.0 Å². The smallest absolute Gasteiger partial charge is 0.255 e. The number of hydrogen-bond acceptors (Lipinski definition) is 7. The van der Waals surface area contributed by atoms with E-state index in [-0.39, 0.29) is 5.91 Å². The van der Waals surface area contributed by atoms with Gasteiger partial charge in [-0.2, -0.15) is 5.10 Å². The average Bonchev–Trinajstić information content (AvgIpc) is 3.36. The van der Waals surface area contributed by atoms with E-state index in [0.717, 1.165) is 10.8 Å². The maximum absolute atomic E-state index is 12.6. The molecule has 1 N–H and O–H groups in total. The third kappa shape index (κ3) is 3.95. The van der Waals surface area contributed by atoms with Gasteiger partial charge in [0.1, 0.15) is 5.75 Å². The Kier molecular flexibility index (Phi) is 4.78. The number of fused-ring (bicyclic) bond motifs is 1. The molecule has 8 heteroatoms. The summed E-state index contributed by atoms with van der Waals surface area (Å²) in [5.74, 6) is 1.11. The van der Waals surface area contributed by atoms with E-state index in [1.165, 1.54) is 6.39 Å². The molecule has 0 aliphatic heterocycles. The van der Waals surface area contributed by atoms with Crippen molar-refractivity contribution in [3.8, 4) is 23.1 Å². The highest BCUT2D eigenvalue weighted by Gasteiger charge is 2.11. The molecule has 0 unspecified atom stereocenters. The van der Waals surface area contributed by atoms with Gasteiger partial charge in [0.05, 0.1) is 6.20 Å². The van der Waals surface area contributed by atoms with Crippen LogP contribution in [0.15, 0.2) is 89.8 Å². The summed E-state index contributed by atoms with van der Waals surface area (Å²) < 4.78 is 11.1. The number of ether oxygens (including phenoxy) is 1. The first-order valence-electron chi connectivity index (χ1n) is 9.42. The standard InChI is InChI=1S/C23H15N5O3/c29-21(15-5-3-6-16(12-15)22-27-25-14-30-22)26-18-8-10-19(11-9-18)31-23-20-7-2-1-4-17(20)13-24-28-23/h1-14H,(H,26,29). The number of amides is 1. The molecular weight excluding hydrogens is 394 g/mol. The summed E-state index contributed by atoms with van der Waals surface area (Å²) in [5, 5.41) is 20.3. The number of nitrogens with one attached hydrogen (secondary N) is 1. The van der Waals surface area contributed by atoms with Crippen LogP contribution in [0.1, 0.15) is 10.4 Å². The van der Waals surface area contributed by atoms with Crippen molar-refractivity contribution in [2.45, 2.75) is 0 Å². The van der Waals surface area contributed by atoms with Crippen LogP contribution in [-0.4, -0.2) is 26.3 Å². The van der Waals surface area contributed by atoms with Gasteiger partial charge in [-0.05, 0) is 48.5 Å². The lowest BCUT2D eigenvalue weighted by Crippen LogP contribution is -2.11. The van der Waals surface area contributed by atoms with Crippen LogP contribution in [0.4, 0.5) is 5.69 Å². The number of anilines is 1. The molecule has 0 atom stereocenters. The Labute approximate surface area is 176 Å². The van der Waals surface area contributed by atoms with Gasteiger partial charge in [-0.3, -0.25) is 4.79 Å². The zero-order valence-corrected chi connectivity index (χ0v) is 16.1. The van der Waals surface area contributed by atoms with Crippen LogP contribution in [-0.2, 0) is 0 Å². The van der Waals surface area contributed by atoms with Crippen LogP contribution in [0.3, 0.4) is 0 Å². The van der Waals surface area contributed by atoms with Crippen LogP contribution in [0.5, 0.6) is 11.6 Å². The number of benzene rings is 3. The molecule has 2 heterocycles. The maximum Gasteiger partial charge on any atom is 0.255 e. The lowest BCUT2D eigenvalue weighted by molar-refractivity contribution is 0.102. The van der Waals surface area contributed by atoms with E-state index < -0.39 is 0 Å². The zero-order valence-electron chi connectivity index (χ0n) is 16.1. The SMILES string of the molecule is O=C(Nc1ccc(Oc2nncc3ccccc23)cc1)c1cccc(-c2nnco2)c1. The van der Waals surface area contributed by atoms with Gasteiger partial charge in [0, 0.05) is 27.6 Å². The van der Waals surface area contributed by atoms with E-state index >= 15 is 0 Å². The highest BCUT2D eigenvalue weighted by molar-refractivity contribution is 6.04. The molecule has 5 rings (SSSR count). The number of nitrogens with zero attached hydrogens (tertiary/aromatic N) is 4. The van der Waals surface area contributed by atoms with Gasteiger partial charge in [-0.1, -0.05) is 24.3 Å². The molecule has 0 radical (unpaired) electrons. The molecule has 150 valence electrons. The van der Waals surface area contributed by atoms with E-state index in [0.29, 0.717) is 34.3 Å². The Bertz CT molecular complexity index is 1350. The molecule has 0 fully saturated rings. The number of carbonyl (C=O) groups is 1. The first-order chi connectivity index (χ1) is 15.3. The first-order valence-corrected chi connectivity index (χ1v) is 9.42. The second-order valence-electron chi connectivity index (χ2n) is 6.64. The molecule has 0 saturated carbocycles. The molecular formula is C23H15N5O3. The van der Waals surface area contributed by atoms with E-state index in [1.54, 1.807) is 54.7 Å². The van der Waals surface area contributed by atoms with Crippen LogP contribution >= 0.6 is 0 Å². The summed E-state index contributed by atoms with van der Waals surface area (Å²) in [4.78, 5) is 12.6. The van der Waals surface area contributed by atoms with E-state index in [4.69, 9.17) is 9.15 Å². The highest BCUT2D eigenvalue weighted by atomic mass is 16.5. The normalized spacial score (nSPS) is 10.7. The van der Waals surface area contributed by atoms with E-state index in [9.17, 15) is 4.79 Å². The molecule has 0 aliphatic rings. The Hall–Kier alpha value is -4.59. The molecule has 1 amide bonds. The molecule has 0 spiro atoms. The minimum absolute atomic E-state index is 0.255. The van der Waals surface area contributed by atoms with Crippen molar-refractivity contribution < 1.29 is 13.9 Å². The van der Waals surface area contributed by atoms with Crippen molar-refractivity contribution in [2.75, 3.05) is 5.32 Å². The quantitative estimate of drug-likeness (QED) is 0.448. The van der Waals surface area contributed by atoms with Gasteiger partial charge < -0.3 is 14.5 Å². The zero-order chi connectivity index (χ0) is 21.0. The van der Waals surface area contributed by atoms with Gasteiger partial charge >= 0.3 is 0 Å². The molecule has 0 saturated heterocycles. The van der Waals surface area contributed by atoms with Gasteiger partial charge in [0.2, 0.25) is 18.2 Å². The third-order valence-electron chi connectivity index (χ3n) is 4.60. The largest absolute Gasteiger partial charge is 0.437 e. The molecule has 0 aliphatic carbocycles. The summed E-state index contributed by atoms with van der Waals surface area (Å²) >= 11 is 0. The molecule has 3 aromatic carbocycles. The minimum atomic E-state index is -0.255. The van der Waals surface area contributed by atoms with Crippen molar-refractivity contribution >= 4 is 22.4 Å². The average molecular weight is 409 g/mol. The second-order valence-corrected chi connectivity index (χ2v) is 6.64. The number of aromatic nitrogens is 4. The van der Waals surface area contributed by atoms with Gasteiger partial charge in [0.25, 0.3) is 5.91 Å². The van der Waals surface area contributed by atoms with Gasteiger partial charge in [-0.15, -0.1) is 15.3 Å². The lowest BCUT2D eigenvalue weighted by Gasteiger charge is -2.09. The van der Waals surface area contributed by atoms with Crippen LogP contribution in [0.2, 0.25) is 0 Å². The van der Waals surface area contributed by atoms with Crippen molar-refractivity contribution in [2.24, 2.45) is 0 Å². The van der Waals surface area contributed by atoms with E-state index in [2.05, 4.69) is 25.7 Å². The Morgan fingerprint density at radius 1 is 0.903 bits per heavy atom. The highest BCUT2D eigenvalue weighted by Crippen LogP contribution is 2.27. The molecule has 5 aromatic rings. The minimum Gasteiger partial charge on any atom is -0.437 e. The maximum atomic E-state index is 12.6. The summed E-state index contributed by atoms with van der Waals surface area (Å²) in [6.07, 6.45) is 2.93. The lowest BCUT2D eigenvalue weighted by atomic mass is 10.1. The molecule has 0 bridgehead atoms. The Morgan fingerprint density at radius 3 is 2.61 bits per heavy atom. The van der Waals surface area contributed by atoms with Crippen molar-refractivity contribution in [1.82, 2.24) is 20.4 Å². The second kappa shape index (κ2) is 8.03. The summed E-state index contributed by atoms with van der Waals surface area (Å²) in [6.45, 7) is 0. The number of carbonyl (C=O) groups excluding carboxylic acids is 1.